The van der Waals surface area contributed by atoms with Crippen LogP contribution in [0, 0.1) is 0 Å². The molecule has 0 aliphatic heterocycles. The maximum Gasteiger partial charge on any atom is 0.242 e. The second-order valence-electron chi connectivity index (χ2n) is 3.13. The van der Waals surface area contributed by atoms with E-state index in [1.807, 2.05) is 0 Å². The van der Waals surface area contributed by atoms with Crippen LogP contribution in [-0.2, 0) is 10.0 Å². The van der Waals surface area contributed by atoms with Crippen molar-refractivity contribution in [3.05, 3.63) is 39.3 Å². The summed E-state index contributed by atoms with van der Waals surface area (Å²) in [4.78, 5) is 0.202. The maximum atomic E-state index is 11.9. The highest BCUT2D eigenvalue weighted by molar-refractivity contribution is 9.11. The lowest BCUT2D eigenvalue weighted by atomic mass is 10.4. The highest BCUT2D eigenvalue weighted by Crippen LogP contribution is 2.25. The molecule has 94 valence electrons. The lowest BCUT2D eigenvalue weighted by Crippen LogP contribution is -2.24. The summed E-state index contributed by atoms with van der Waals surface area (Å²) in [6, 6.07) is 4.98. The number of halogens is 2. The first-order valence-electron chi connectivity index (χ1n) is 4.77. The summed E-state index contributed by atoms with van der Waals surface area (Å²) in [6.07, 6.45) is 3.36. The number of nitrogens with one attached hydrogen (secondary N) is 1. The Morgan fingerprint density at radius 3 is 2.65 bits per heavy atom. The fraction of sp³-hybridized carbons (Fsp3) is 0.200. The summed E-state index contributed by atoms with van der Waals surface area (Å²) in [5.41, 5.74) is 5.26. The Morgan fingerprint density at radius 2 is 2.00 bits per heavy atom. The quantitative estimate of drug-likeness (QED) is 0.764. The van der Waals surface area contributed by atoms with Crippen molar-refractivity contribution >= 4 is 41.9 Å². The van der Waals surface area contributed by atoms with Crippen molar-refractivity contribution in [1.82, 2.24) is 4.72 Å². The SMILES string of the molecule is NC/C=C/CNS(=O)(=O)c1cc(Br)ccc1Br. The third kappa shape index (κ3) is 4.51. The lowest BCUT2D eigenvalue weighted by Gasteiger charge is -2.07. The minimum Gasteiger partial charge on any atom is -0.327 e. The van der Waals surface area contributed by atoms with E-state index >= 15 is 0 Å². The van der Waals surface area contributed by atoms with Crippen LogP contribution in [0.25, 0.3) is 0 Å². The van der Waals surface area contributed by atoms with Crippen molar-refractivity contribution in [3.8, 4) is 0 Å². The normalized spacial score (nSPS) is 12.2. The molecule has 1 rings (SSSR count). The third-order valence-corrected chi connectivity index (χ3v) is 4.79. The smallest absolute Gasteiger partial charge is 0.242 e. The fourth-order valence-corrected chi connectivity index (χ4v) is 3.57. The molecule has 3 N–H and O–H groups in total. The van der Waals surface area contributed by atoms with Gasteiger partial charge in [0, 0.05) is 22.0 Å². The van der Waals surface area contributed by atoms with Gasteiger partial charge in [0.15, 0.2) is 0 Å². The molecule has 17 heavy (non-hydrogen) atoms. The minimum atomic E-state index is -3.51. The summed E-state index contributed by atoms with van der Waals surface area (Å²) in [5, 5.41) is 0. The largest absolute Gasteiger partial charge is 0.327 e. The molecule has 0 amide bonds. The summed E-state index contributed by atoms with van der Waals surface area (Å²) in [6.45, 7) is 0.612. The van der Waals surface area contributed by atoms with Crippen LogP contribution in [0.2, 0.25) is 0 Å². The van der Waals surface area contributed by atoms with Gasteiger partial charge in [-0.3, -0.25) is 0 Å². The Morgan fingerprint density at radius 1 is 1.29 bits per heavy atom. The molecule has 0 fully saturated rings. The number of nitrogens with two attached hydrogens (primary N) is 1. The molecule has 7 heteroatoms. The van der Waals surface area contributed by atoms with Gasteiger partial charge in [0.25, 0.3) is 0 Å². The van der Waals surface area contributed by atoms with E-state index in [0.717, 1.165) is 0 Å². The molecule has 1 aromatic carbocycles. The molecule has 0 atom stereocenters. The summed E-state index contributed by atoms with van der Waals surface area (Å²) in [5.74, 6) is 0. The summed E-state index contributed by atoms with van der Waals surface area (Å²) < 4.78 is 27.6. The van der Waals surface area contributed by atoms with E-state index in [1.54, 1.807) is 30.4 Å². The van der Waals surface area contributed by atoms with E-state index in [0.29, 0.717) is 15.5 Å². The molecule has 0 bridgehead atoms. The van der Waals surface area contributed by atoms with Gasteiger partial charge in [-0.2, -0.15) is 0 Å². The molecule has 0 saturated heterocycles. The van der Waals surface area contributed by atoms with Gasteiger partial charge < -0.3 is 5.73 Å². The van der Waals surface area contributed by atoms with Gasteiger partial charge in [0.1, 0.15) is 0 Å². The molecule has 4 nitrogen and oxygen atoms in total. The lowest BCUT2D eigenvalue weighted by molar-refractivity contribution is 0.585. The number of sulfonamides is 1. The molecule has 0 heterocycles. The Labute approximate surface area is 118 Å². The Hall–Kier alpha value is -0.210. The molecule has 0 aromatic heterocycles. The van der Waals surface area contributed by atoms with E-state index in [1.165, 1.54) is 0 Å². The predicted molar refractivity (Wildman–Crippen MR) is 75.2 cm³/mol. The minimum absolute atomic E-state index is 0.202. The van der Waals surface area contributed by atoms with Crippen LogP contribution in [0.3, 0.4) is 0 Å². The van der Waals surface area contributed by atoms with Gasteiger partial charge in [-0.05, 0) is 34.1 Å². The first kappa shape index (κ1) is 14.8. The average Bonchev–Trinajstić information content (AvgIpc) is 2.28. The number of hydrogen-bond donors (Lipinski definition) is 2. The third-order valence-electron chi connectivity index (χ3n) is 1.88. The zero-order valence-electron chi connectivity index (χ0n) is 8.86. The van der Waals surface area contributed by atoms with Crippen LogP contribution in [0.15, 0.2) is 44.2 Å². The molecule has 0 saturated carbocycles. The molecular formula is C10H12Br2N2O2S. The number of hydrogen-bond acceptors (Lipinski definition) is 3. The highest BCUT2D eigenvalue weighted by Gasteiger charge is 2.16. The van der Waals surface area contributed by atoms with Gasteiger partial charge in [0.05, 0.1) is 4.90 Å². The van der Waals surface area contributed by atoms with Crippen LogP contribution >= 0.6 is 31.9 Å². The maximum absolute atomic E-state index is 11.9. The van der Waals surface area contributed by atoms with Crippen LogP contribution in [0.4, 0.5) is 0 Å². The molecule has 0 radical (unpaired) electrons. The van der Waals surface area contributed by atoms with Gasteiger partial charge in [-0.25, -0.2) is 13.1 Å². The fourth-order valence-electron chi connectivity index (χ4n) is 1.10. The van der Waals surface area contributed by atoms with Crippen molar-refractivity contribution in [2.24, 2.45) is 5.73 Å². The average molecular weight is 384 g/mol. The number of benzene rings is 1. The standard InChI is InChI=1S/C10H12Br2N2O2S/c11-8-3-4-9(12)10(7-8)17(15,16)14-6-2-1-5-13/h1-4,7,14H,5-6,13H2/b2-1+. The van der Waals surface area contributed by atoms with Gasteiger partial charge in [-0.1, -0.05) is 28.1 Å². The predicted octanol–water partition coefficient (Wildman–Crippen LogP) is 2.00. The second-order valence-corrected chi connectivity index (χ2v) is 6.64. The topological polar surface area (TPSA) is 72.2 Å². The van der Waals surface area contributed by atoms with Crippen LogP contribution in [-0.4, -0.2) is 21.5 Å². The summed E-state index contributed by atoms with van der Waals surface area (Å²) in [7, 11) is -3.51. The molecule has 0 spiro atoms. The van der Waals surface area contributed by atoms with Crippen LogP contribution < -0.4 is 10.5 Å². The molecule has 0 aliphatic carbocycles. The van der Waals surface area contributed by atoms with E-state index in [2.05, 4.69) is 36.6 Å². The molecule has 0 aliphatic rings. The number of rotatable bonds is 5. The van der Waals surface area contributed by atoms with Crippen molar-refractivity contribution < 1.29 is 8.42 Å². The van der Waals surface area contributed by atoms with Gasteiger partial charge >= 0.3 is 0 Å². The van der Waals surface area contributed by atoms with Crippen LogP contribution in [0.5, 0.6) is 0 Å². The van der Waals surface area contributed by atoms with E-state index in [4.69, 9.17) is 5.73 Å². The second kappa shape index (κ2) is 6.65. The monoisotopic (exact) mass is 382 g/mol. The van der Waals surface area contributed by atoms with Crippen molar-refractivity contribution in [1.29, 1.82) is 0 Å². The Balaban J connectivity index is 2.89. The van der Waals surface area contributed by atoms with Crippen molar-refractivity contribution in [2.75, 3.05) is 13.1 Å². The highest BCUT2D eigenvalue weighted by atomic mass is 79.9. The van der Waals surface area contributed by atoms with Crippen molar-refractivity contribution in [3.63, 3.8) is 0 Å². The molecule has 0 unspecified atom stereocenters. The van der Waals surface area contributed by atoms with E-state index in [-0.39, 0.29) is 11.4 Å². The molecular weight excluding hydrogens is 372 g/mol. The zero-order valence-corrected chi connectivity index (χ0v) is 12.8. The summed E-state index contributed by atoms with van der Waals surface area (Å²) >= 11 is 6.45. The van der Waals surface area contributed by atoms with E-state index < -0.39 is 10.0 Å². The Kier molecular flexibility index (Phi) is 5.81. The first-order valence-corrected chi connectivity index (χ1v) is 7.84. The van der Waals surface area contributed by atoms with Gasteiger partial charge in [0.2, 0.25) is 10.0 Å². The van der Waals surface area contributed by atoms with Crippen molar-refractivity contribution in [2.45, 2.75) is 4.90 Å². The van der Waals surface area contributed by atoms with Gasteiger partial charge in [-0.15, -0.1) is 0 Å². The first-order chi connectivity index (χ1) is 7.97. The van der Waals surface area contributed by atoms with E-state index in [9.17, 15) is 8.42 Å². The Bertz CT molecular complexity index is 515. The molecule has 1 aromatic rings. The van der Waals surface area contributed by atoms with Crippen LogP contribution in [0.1, 0.15) is 0 Å². The zero-order chi connectivity index (χ0) is 12.9.